The Morgan fingerprint density at radius 3 is 2.33 bits per heavy atom. The van der Waals surface area contributed by atoms with E-state index in [1.165, 1.54) is 0 Å². The number of hydrogen-bond donors (Lipinski definition) is 1. The fraction of sp³-hybridized carbons (Fsp3) is 0.455. The first kappa shape index (κ1) is 10.6. The third-order valence-electron chi connectivity index (χ3n) is 2.89. The molecule has 0 heterocycles. The average molecular weight is 226 g/mol. The van der Waals surface area contributed by atoms with Crippen molar-refractivity contribution in [2.45, 2.75) is 35.5 Å². The number of aliphatic hydroxyl groups excluding tert-OH is 1. The van der Waals surface area contributed by atoms with E-state index in [9.17, 15) is 13.5 Å². The summed E-state index contributed by atoms with van der Waals surface area (Å²) < 4.78 is 24.2. The summed E-state index contributed by atoms with van der Waals surface area (Å²) in [6.45, 7) is 0. The van der Waals surface area contributed by atoms with Gasteiger partial charge in [-0.3, -0.25) is 0 Å². The zero-order valence-electron chi connectivity index (χ0n) is 8.33. The Morgan fingerprint density at radius 2 is 1.80 bits per heavy atom. The molecule has 0 spiro atoms. The van der Waals surface area contributed by atoms with E-state index in [-0.39, 0.29) is 0 Å². The summed E-state index contributed by atoms with van der Waals surface area (Å²) in [6, 6.07) is 8.35. The summed E-state index contributed by atoms with van der Waals surface area (Å²) >= 11 is 0. The molecule has 1 aliphatic rings. The molecule has 82 valence electrons. The largest absolute Gasteiger partial charge is 0.392 e. The van der Waals surface area contributed by atoms with E-state index in [4.69, 9.17) is 0 Å². The van der Waals surface area contributed by atoms with Gasteiger partial charge in [0, 0.05) is 0 Å². The third kappa shape index (κ3) is 1.92. The molecule has 0 aliphatic heterocycles. The smallest absolute Gasteiger partial charge is 0.183 e. The number of aliphatic hydroxyl groups is 1. The lowest BCUT2D eigenvalue weighted by Crippen LogP contribution is -2.29. The lowest BCUT2D eigenvalue weighted by Gasteiger charge is -2.15. The first-order chi connectivity index (χ1) is 7.12. The fourth-order valence-electron chi connectivity index (χ4n) is 2.05. The maximum absolute atomic E-state index is 12.1. The molecule has 2 atom stereocenters. The van der Waals surface area contributed by atoms with Gasteiger partial charge in [0.2, 0.25) is 0 Å². The highest BCUT2D eigenvalue weighted by Gasteiger charge is 2.37. The minimum Gasteiger partial charge on any atom is -0.392 e. The normalized spacial score (nSPS) is 26.7. The molecule has 1 saturated carbocycles. The molecule has 1 aromatic carbocycles. The van der Waals surface area contributed by atoms with Crippen molar-refractivity contribution in [2.75, 3.05) is 0 Å². The Morgan fingerprint density at radius 1 is 1.13 bits per heavy atom. The molecule has 4 heteroatoms. The SMILES string of the molecule is O=S(=O)(c1ccccc1)[C@@H]1CCC[C@@H]1O. The average Bonchev–Trinajstić information content (AvgIpc) is 2.66. The van der Waals surface area contributed by atoms with Crippen molar-refractivity contribution in [1.29, 1.82) is 0 Å². The summed E-state index contributed by atoms with van der Waals surface area (Å²) in [6.07, 6.45) is 1.25. The number of benzene rings is 1. The monoisotopic (exact) mass is 226 g/mol. The molecular weight excluding hydrogens is 212 g/mol. The minimum atomic E-state index is -3.34. The second-order valence-electron chi connectivity index (χ2n) is 3.89. The van der Waals surface area contributed by atoms with Crippen molar-refractivity contribution in [2.24, 2.45) is 0 Å². The van der Waals surface area contributed by atoms with E-state index < -0.39 is 21.2 Å². The van der Waals surface area contributed by atoms with Crippen LogP contribution in [0.15, 0.2) is 35.2 Å². The van der Waals surface area contributed by atoms with Gasteiger partial charge in [0.15, 0.2) is 9.84 Å². The van der Waals surface area contributed by atoms with Crippen molar-refractivity contribution in [3.05, 3.63) is 30.3 Å². The highest BCUT2D eigenvalue weighted by Crippen LogP contribution is 2.29. The fourth-order valence-corrected chi connectivity index (χ4v) is 3.97. The molecule has 1 aromatic rings. The van der Waals surface area contributed by atoms with E-state index >= 15 is 0 Å². The Hall–Kier alpha value is -0.870. The van der Waals surface area contributed by atoms with Gasteiger partial charge in [-0.1, -0.05) is 18.2 Å². The zero-order chi connectivity index (χ0) is 10.9. The maximum Gasteiger partial charge on any atom is 0.183 e. The second-order valence-corrected chi connectivity index (χ2v) is 6.06. The molecule has 0 unspecified atom stereocenters. The molecule has 0 bridgehead atoms. The molecular formula is C11H14O3S. The topological polar surface area (TPSA) is 54.4 Å². The van der Waals surface area contributed by atoms with Gasteiger partial charge in [0.25, 0.3) is 0 Å². The summed E-state index contributed by atoms with van der Waals surface area (Å²) in [5, 5.41) is 9.00. The van der Waals surface area contributed by atoms with E-state index in [2.05, 4.69) is 0 Å². The van der Waals surface area contributed by atoms with Crippen LogP contribution in [0.5, 0.6) is 0 Å². The van der Waals surface area contributed by atoms with Gasteiger partial charge >= 0.3 is 0 Å². The maximum atomic E-state index is 12.1. The molecule has 0 aromatic heterocycles. The van der Waals surface area contributed by atoms with Crippen molar-refractivity contribution < 1.29 is 13.5 Å². The van der Waals surface area contributed by atoms with Crippen LogP contribution < -0.4 is 0 Å². The van der Waals surface area contributed by atoms with Crippen molar-refractivity contribution >= 4 is 9.84 Å². The summed E-state index contributed by atoms with van der Waals surface area (Å²) in [5.74, 6) is 0. The van der Waals surface area contributed by atoms with Crippen LogP contribution in [0, 0.1) is 0 Å². The van der Waals surface area contributed by atoms with E-state index in [0.717, 1.165) is 6.42 Å². The third-order valence-corrected chi connectivity index (χ3v) is 5.16. The Balaban J connectivity index is 2.35. The second kappa shape index (κ2) is 3.94. The molecule has 0 radical (unpaired) electrons. The first-order valence-electron chi connectivity index (χ1n) is 5.09. The van der Waals surface area contributed by atoms with Crippen LogP contribution in [0.4, 0.5) is 0 Å². The minimum absolute atomic E-state index is 0.316. The van der Waals surface area contributed by atoms with Gasteiger partial charge in [-0.2, -0.15) is 0 Å². The molecule has 0 amide bonds. The molecule has 1 fully saturated rings. The molecule has 2 rings (SSSR count). The summed E-state index contributed by atoms with van der Waals surface area (Å²) in [5.41, 5.74) is 0. The summed E-state index contributed by atoms with van der Waals surface area (Å²) in [4.78, 5) is 0.316. The number of rotatable bonds is 2. The lowest BCUT2D eigenvalue weighted by atomic mass is 10.3. The van der Waals surface area contributed by atoms with Gasteiger partial charge < -0.3 is 5.11 Å². The standard InChI is InChI=1S/C11H14O3S/c12-10-7-4-8-11(10)15(13,14)9-5-2-1-3-6-9/h1-3,5-6,10-12H,4,7-8H2/t10-,11+/m0/s1. The van der Waals surface area contributed by atoms with Crippen LogP contribution in [-0.4, -0.2) is 24.9 Å². The highest BCUT2D eigenvalue weighted by atomic mass is 32.2. The van der Waals surface area contributed by atoms with E-state index in [0.29, 0.717) is 17.7 Å². The number of sulfone groups is 1. The van der Waals surface area contributed by atoms with E-state index in [1.54, 1.807) is 30.3 Å². The van der Waals surface area contributed by atoms with Gasteiger partial charge in [-0.15, -0.1) is 0 Å². The Bertz CT molecular complexity index is 424. The Kier molecular flexibility index (Phi) is 2.80. The zero-order valence-corrected chi connectivity index (χ0v) is 9.15. The van der Waals surface area contributed by atoms with E-state index in [1.807, 2.05) is 0 Å². The van der Waals surface area contributed by atoms with Crippen LogP contribution in [0.25, 0.3) is 0 Å². The van der Waals surface area contributed by atoms with Gasteiger partial charge in [0.05, 0.1) is 16.2 Å². The molecule has 1 N–H and O–H groups in total. The number of hydrogen-bond acceptors (Lipinski definition) is 3. The molecule has 0 saturated heterocycles. The van der Waals surface area contributed by atoms with Crippen molar-refractivity contribution in [3.63, 3.8) is 0 Å². The van der Waals surface area contributed by atoms with Crippen molar-refractivity contribution in [3.8, 4) is 0 Å². The molecule has 1 aliphatic carbocycles. The van der Waals surface area contributed by atoms with Crippen molar-refractivity contribution in [1.82, 2.24) is 0 Å². The molecule has 15 heavy (non-hydrogen) atoms. The quantitative estimate of drug-likeness (QED) is 0.828. The van der Waals surface area contributed by atoms with Gasteiger partial charge in [-0.05, 0) is 31.4 Å². The first-order valence-corrected chi connectivity index (χ1v) is 6.64. The highest BCUT2D eigenvalue weighted by molar-refractivity contribution is 7.92. The van der Waals surface area contributed by atoms with Crippen LogP contribution >= 0.6 is 0 Å². The van der Waals surface area contributed by atoms with Crippen LogP contribution in [0.2, 0.25) is 0 Å². The Labute approximate surface area is 89.7 Å². The lowest BCUT2D eigenvalue weighted by molar-refractivity contribution is 0.185. The van der Waals surface area contributed by atoms with Crippen LogP contribution in [0.1, 0.15) is 19.3 Å². The van der Waals surface area contributed by atoms with Gasteiger partial charge in [0.1, 0.15) is 0 Å². The summed E-state index contributed by atoms with van der Waals surface area (Å²) in [7, 11) is -3.34. The predicted octanol–water partition coefficient (Wildman–Crippen LogP) is 1.37. The predicted molar refractivity (Wildman–Crippen MR) is 57.3 cm³/mol. The van der Waals surface area contributed by atoms with Crippen LogP contribution in [-0.2, 0) is 9.84 Å². The van der Waals surface area contributed by atoms with Crippen LogP contribution in [0.3, 0.4) is 0 Å². The molecule has 3 nitrogen and oxygen atoms in total. The van der Waals surface area contributed by atoms with Gasteiger partial charge in [-0.25, -0.2) is 8.42 Å².